The van der Waals surface area contributed by atoms with Gasteiger partial charge in [0.1, 0.15) is 11.6 Å². The Labute approximate surface area is 196 Å². The van der Waals surface area contributed by atoms with Gasteiger partial charge in [-0.2, -0.15) is 5.10 Å². The number of carbonyl (C=O) groups excluding carboxylic acids is 2. The molecule has 0 saturated heterocycles. The minimum absolute atomic E-state index is 0.275. The van der Waals surface area contributed by atoms with Crippen LogP contribution in [0.2, 0.25) is 0 Å². The van der Waals surface area contributed by atoms with Gasteiger partial charge < -0.3 is 15.2 Å². The molecule has 0 spiro atoms. The third-order valence-corrected chi connectivity index (χ3v) is 5.71. The molecule has 2 aromatic heterocycles. The van der Waals surface area contributed by atoms with E-state index in [1.54, 1.807) is 35.0 Å². The molecule has 0 aliphatic rings. The van der Waals surface area contributed by atoms with Gasteiger partial charge in [-0.3, -0.25) is 14.3 Å². The molecule has 4 rings (SSSR count). The highest BCUT2D eigenvalue weighted by Crippen LogP contribution is 2.32. The van der Waals surface area contributed by atoms with Gasteiger partial charge in [-0.05, 0) is 45.0 Å². The number of amides is 2. The molecular formula is C25H27FN6O2. The first-order valence-electron chi connectivity index (χ1n) is 11.1. The van der Waals surface area contributed by atoms with Gasteiger partial charge in [0.15, 0.2) is 0 Å². The fourth-order valence-electron chi connectivity index (χ4n) is 4.24. The van der Waals surface area contributed by atoms with Crippen LogP contribution in [0.15, 0.2) is 42.6 Å². The van der Waals surface area contributed by atoms with E-state index >= 15 is 0 Å². The number of benzene rings is 2. The van der Waals surface area contributed by atoms with E-state index in [1.807, 2.05) is 38.6 Å². The van der Waals surface area contributed by atoms with Gasteiger partial charge in [0.25, 0.3) is 5.91 Å². The average Bonchev–Trinajstić information content (AvgIpc) is 3.32. The fraction of sp³-hybridized carbons (Fsp3) is 0.280. The summed E-state index contributed by atoms with van der Waals surface area (Å²) in [5, 5.41) is 10.1. The number of anilines is 1. The summed E-state index contributed by atoms with van der Waals surface area (Å²) in [5.41, 5.74) is 3.99. The topological polar surface area (TPSA) is 93.8 Å². The van der Waals surface area contributed by atoms with Gasteiger partial charge in [0.2, 0.25) is 5.91 Å². The van der Waals surface area contributed by atoms with Gasteiger partial charge >= 0.3 is 0 Å². The van der Waals surface area contributed by atoms with Crippen LogP contribution in [-0.4, -0.2) is 31.1 Å². The zero-order valence-electron chi connectivity index (χ0n) is 19.8. The molecule has 0 fully saturated rings. The molecule has 9 heteroatoms. The molecule has 0 aliphatic heterocycles. The predicted octanol–water partition coefficient (Wildman–Crippen LogP) is 4.35. The van der Waals surface area contributed by atoms with E-state index < -0.39 is 5.82 Å². The summed E-state index contributed by atoms with van der Waals surface area (Å²) in [6, 6.07) is 9.41. The molecule has 0 bridgehead atoms. The summed E-state index contributed by atoms with van der Waals surface area (Å²) >= 11 is 0. The molecule has 8 nitrogen and oxygen atoms in total. The number of hydrogen-bond donors (Lipinski definition) is 2. The first-order valence-corrected chi connectivity index (χ1v) is 11.1. The minimum atomic E-state index is -0.396. The summed E-state index contributed by atoms with van der Waals surface area (Å²) in [6.07, 6.45) is 1.87. The Morgan fingerprint density at radius 3 is 2.56 bits per heavy atom. The lowest BCUT2D eigenvalue weighted by Gasteiger charge is -2.15. The average molecular weight is 463 g/mol. The van der Waals surface area contributed by atoms with Crippen LogP contribution in [-0.2, 0) is 18.4 Å². The van der Waals surface area contributed by atoms with E-state index in [0.717, 1.165) is 11.3 Å². The summed E-state index contributed by atoms with van der Waals surface area (Å²) in [4.78, 5) is 29.8. The zero-order valence-corrected chi connectivity index (χ0v) is 19.8. The molecule has 34 heavy (non-hydrogen) atoms. The van der Waals surface area contributed by atoms with Crippen molar-refractivity contribution < 1.29 is 14.0 Å². The maximum Gasteiger partial charge on any atom is 0.251 e. The first kappa shape index (κ1) is 23.2. The normalized spacial score (nSPS) is 12.1. The van der Waals surface area contributed by atoms with Crippen molar-refractivity contribution in [3.63, 3.8) is 0 Å². The Morgan fingerprint density at radius 2 is 1.94 bits per heavy atom. The van der Waals surface area contributed by atoms with Gasteiger partial charge in [0.05, 0.1) is 34.0 Å². The first-order chi connectivity index (χ1) is 16.2. The van der Waals surface area contributed by atoms with E-state index in [2.05, 4.69) is 20.7 Å². The second-order valence-electron chi connectivity index (χ2n) is 8.27. The third-order valence-electron chi connectivity index (χ3n) is 5.71. The van der Waals surface area contributed by atoms with E-state index in [0.29, 0.717) is 40.2 Å². The molecule has 2 amide bonds. The number of hydrogen-bond acceptors (Lipinski definition) is 4. The van der Waals surface area contributed by atoms with Crippen LogP contribution < -0.4 is 10.6 Å². The number of nitrogens with zero attached hydrogens (tertiary/aromatic N) is 4. The standard InChI is InChI=1S/C25H27FN6O2/c1-6-32-23-21(28-16(4)33)11-17(25(34)27-14(2)19-13-31(5)30-15(19)3)12-22(23)29-24(32)18-9-7-8-10-20(18)26/h7-14H,6H2,1-5H3,(H,27,34)(H,28,33)/t14-/m0/s1. The Balaban J connectivity index is 1.81. The fourth-order valence-corrected chi connectivity index (χ4v) is 4.24. The highest BCUT2D eigenvalue weighted by Gasteiger charge is 2.22. The molecule has 0 saturated carbocycles. The number of imidazole rings is 1. The van der Waals surface area contributed by atoms with E-state index in [1.165, 1.54) is 13.0 Å². The van der Waals surface area contributed by atoms with Crippen LogP contribution in [0.1, 0.15) is 48.4 Å². The van der Waals surface area contributed by atoms with Crippen LogP contribution >= 0.6 is 0 Å². The maximum absolute atomic E-state index is 14.6. The number of rotatable bonds is 6. The lowest BCUT2D eigenvalue weighted by Crippen LogP contribution is -2.27. The molecule has 0 aliphatic carbocycles. The monoisotopic (exact) mass is 462 g/mol. The van der Waals surface area contributed by atoms with Crippen molar-refractivity contribution in [3.8, 4) is 11.4 Å². The Kier molecular flexibility index (Phi) is 6.19. The Hall–Kier alpha value is -4.01. The Bertz CT molecular complexity index is 1400. The highest BCUT2D eigenvalue weighted by atomic mass is 19.1. The van der Waals surface area contributed by atoms with Crippen molar-refractivity contribution >= 4 is 28.5 Å². The molecule has 0 radical (unpaired) electrons. The van der Waals surface area contributed by atoms with Crippen molar-refractivity contribution in [1.29, 1.82) is 0 Å². The van der Waals surface area contributed by atoms with E-state index in [-0.39, 0.29) is 17.9 Å². The third kappa shape index (κ3) is 4.28. The van der Waals surface area contributed by atoms with Crippen LogP contribution in [0.25, 0.3) is 22.4 Å². The summed E-state index contributed by atoms with van der Waals surface area (Å²) < 4.78 is 18.1. The van der Waals surface area contributed by atoms with Crippen molar-refractivity contribution in [2.24, 2.45) is 7.05 Å². The number of fused-ring (bicyclic) bond motifs is 1. The lowest BCUT2D eigenvalue weighted by atomic mass is 10.1. The molecular weight excluding hydrogens is 435 g/mol. The molecule has 2 N–H and O–H groups in total. The molecule has 4 aromatic rings. The minimum Gasteiger partial charge on any atom is -0.345 e. The number of carbonyl (C=O) groups is 2. The summed E-state index contributed by atoms with van der Waals surface area (Å²) in [6.45, 7) is 7.59. The van der Waals surface area contributed by atoms with Crippen molar-refractivity contribution in [2.45, 2.75) is 40.3 Å². The molecule has 176 valence electrons. The maximum atomic E-state index is 14.6. The number of nitrogens with one attached hydrogen (secondary N) is 2. The lowest BCUT2D eigenvalue weighted by molar-refractivity contribution is -0.114. The van der Waals surface area contributed by atoms with Gasteiger partial charge in [-0.1, -0.05) is 12.1 Å². The predicted molar refractivity (Wildman–Crippen MR) is 129 cm³/mol. The zero-order chi connectivity index (χ0) is 24.6. The van der Waals surface area contributed by atoms with Crippen molar-refractivity contribution in [3.05, 3.63) is 65.2 Å². The molecule has 1 atom stereocenters. The molecule has 2 aromatic carbocycles. The molecule has 0 unspecified atom stereocenters. The Morgan fingerprint density at radius 1 is 1.21 bits per heavy atom. The van der Waals surface area contributed by atoms with Gasteiger partial charge in [-0.15, -0.1) is 0 Å². The number of halogens is 1. The number of aromatic nitrogens is 4. The van der Waals surface area contributed by atoms with Crippen LogP contribution in [0.5, 0.6) is 0 Å². The van der Waals surface area contributed by atoms with Gasteiger partial charge in [-0.25, -0.2) is 9.37 Å². The van der Waals surface area contributed by atoms with E-state index in [4.69, 9.17) is 0 Å². The highest BCUT2D eigenvalue weighted by molar-refractivity contribution is 6.05. The quantitative estimate of drug-likeness (QED) is 0.445. The second-order valence-corrected chi connectivity index (χ2v) is 8.27. The van der Waals surface area contributed by atoms with Crippen LogP contribution in [0, 0.1) is 12.7 Å². The smallest absolute Gasteiger partial charge is 0.251 e. The summed E-state index contributed by atoms with van der Waals surface area (Å²) in [5.74, 6) is -0.566. The van der Waals surface area contributed by atoms with E-state index in [9.17, 15) is 14.0 Å². The second kappa shape index (κ2) is 9.09. The van der Waals surface area contributed by atoms with Crippen LogP contribution in [0.4, 0.5) is 10.1 Å². The van der Waals surface area contributed by atoms with Gasteiger partial charge in [0, 0.05) is 37.8 Å². The van der Waals surface area contributed by atoms with Crippen LogP contribution in [0.3, 0.4) is 0 Å². The SMILES string of the molecule is CCn1c(-c2ccccc2F)nc2cc(C(=O)N[C@@H](C)c3cn(C)nc3C)cc(NC(C)=O)c21. The number of aryl methyl sites for hydroxylation is 3. The molecule has 2 heterocycles. The van der Waals surface area contributed by atoms with Crippen molar-refractivity contribution in [2.75, 3.05) is 5.32 Å². The largest absolute Gasteiger partial charge is 0.345 e. The summed E-state index contributed by atoms with van der Waals surface area (Å²) in [7, 11) is 1.83. The van der Waals surface area contributed by atoms with Crippen molar-refractivity contribution in [1.82, 2.24) is 24.6 Å².